The van der Waals surface area contributed by atoms with Crippen LogP contribution < -0.4 is 10.5 Å². The number of primary amides is 1. The van der Waals surface area contributed by atoms with Crippen molar-refractivity contribution in [3.63, 3.8) is 0 Å². The van der Waals surface area contributed by atoms with Crippen molar-refractivity contribution in [1.29, 1.82) is 0 Å². The second kappa shape index (κ2) is 6.65. The van der Waals surface area contributed by atoms with Crippen LogP contribution in [0.4, 0.5) is 4.79 Å². The summed E-state index contributed by atoms with van der Waals surface area (Å²) in [6, 6.07) is 5.09. The normalized spacial score (nSPS) is 11.2. The average molecular weight is 301 g/mol. The number of ether oxygens (including phenoxy) is 1. The fourth-order valence-electron chi connectivity index (χ4n) is 1.50. The minimum absolute atomic E-state index is 0.262. The Morgan fingerprint density at radius 1 is 1.45 bits per heavy atom. The van der Waals surface area contributed by atoms with Crippen molar-refractivity contribution >= 4 is 6.03 Å². The number of amides is 2. The molecular weight excluding hydrogens is 286 g/mol. The first kappa shape index (κ1) is 15.4. The molecule has 0 radical (unpaired) electrons. The zero-order valence-electron chi connectivity index (χ0n) is 12.1. The van der Waals surface area contributed by atoms with E-state index >= 15 is 0 Å². The summed E-state index contributed by atoms with van der Waals surface area (Å²) in [6.45, 7) is 3.40. The van der Waals surface area contributed by atoms with Crippen molar-refractivity contribution in [1.82, 2.24) is 10.0 Å². The van der Waals surface area contributed by atoms with Crippen LogP contribution in [0.1, 0.15) is 18.4 Å². The smallest absolute Gasteiger partial charge is 0.339 e. The van der Waals surface area contributed by atoms with E-state index in [1.165, 1.54) is 6.92 Å². The molecule has 0 aliphatic heterocycles. The van der Waals surface area contributed by atoms with Gasteiger partial charge < -0.3 is 14.9 Å². The van der Waals surface area contributed by atoms with Gasteiger partial charge in [0.15, 0.2) is 5.76 Å². The highest BCUT2D eigenvalue weighted by Crippen LogP contribution is 2.22. The summed E-state index contributed by atoms with van der Waals surface area (Å²) < 4.78 is 10.8. The van der Waals surface area contributed by atoms with Crippen molar-refractivity contribution < 1.29 is 19.2 Å². The van der Waals surface area contributed by atoms with Crippen LogP contribution in [0.3, 0.4) is 0 Å². The largest absolute Gasteiger partial charge is 0.424 e. The lowest BCUT2D eigenvalue weighted by molar-refractivity contribution is -0.0536. The highest BCUT2D eigenvalue weighted by Gasteiger charge is 2.12. The van der Waals surface area contributed by atoms with Gasteiger partial charge in [-0.1, -0.05) is 5.92 Å². The van der Waals surface area contributed by atoms with E-state index < -0.39 is 12.1 Å². The van der Waals surface area contributed by atoms with Gasteiger partial charge in [0.1, 0.15) is 11.8 Å². The molecule has 0 aromatic carbocycles. The molecule has 1 atom stereocenters. The number of carbonyl (C=O) groups excluding carboxylic acids is 1. The molecule has 2 rings (SSSR count). The van der Waals surface area contributed by atoms with Gasteiger partial charge in [-0.3, -0.25) is 10.2 Å². The highest BCUT2D eigenvalue weighted by atomic mass is 16.6. The number of aromatic nitrogens is 1. The standard InChI is InChI=1S/C15H15N3O4/c1-10-3-5-13(9-17-10)22-14-8-7-12(21-14)6-4-11(2)18(20)15(16)19/h3,5,7-9,11,20H,1-2H3,(H2,16,19). The molecule has 7 nitrogen and oxygen atoms in total. The first-order valence-corrected chi connectivity index (χ1v) is 6.45. The molecule has 0 fully saturated rings. The van der Waals surface area contributed by atoms with Gasteiger partial charge in [-0.15, -0.1) is 0 Å². The van der Waals surface area contributed by atoms with Gasteiger partial charge in [0.25, 0.3) is 5.95 Å². The maximum atomic E-state index is 10.8. The molecule has 2 aromatic rings. The molecule has 0 bridgehead atoms. The minimum Gasteiger partial charge on any atom is -0.424 e. The van der Waals surface area contributed by atoms with Crippen LogP contribution in [0.15, 0.2) is 34.9 Å². The first-order valence-electron chi connectivity index (χ1n) is 6.45. The Morgan fingerprint density at radius 2 is 2.23 bits per heavy atom. The molecule has 0 saturated heterocycles. The number of carbonyl (C=O) groups is 1. The summed E-state index contributed by atoms with van der Waals surface area (Å²) >= 11 is 0. The molecule has 0 saturated carbocycles. The Morgan fingerprint density at radius 3 is 2.86 bits per heavy atom. The van der Waals surface area contributed by atoms with E-state index in [4.69, 9.17) is 14.9 Å². The number of rotatable bonds is 3. The van der Waals surface area contributed by atoms with E-state index in [-0.39, 0.29) is 5.95 Å². The number of hydroxylamine groups is 2. The number of hydrogen-bond acceptors (Lipinski definition) is 5. The zero-order valence-corrected chi connectivity index (χ0v) is 12.1. The van der Waals surface area contributed by atoms with Crippen molar-refractivity contribution in [3.8, 4) is 23.5 Å². The molecule has 0 aliphatic rings. The topological polar surface area (TPSA) is 102 Å². The molecule has 0 spiro atoms. The van der Waals surface area contributed by atoms with Crippen LogP contribution in [-0.2, 0) is 0 Å². The average Bonchev–Trinajstić information content (AvgIpc) is 2.94. The van der Waals surface area contributed by atoms with Gasteiger partial charge in [-0.2, -0.15) is 5.06 Å². The number of furan rings is 1. The molecular formula is C15H15N3O4. The molecule has 1 unspecified atom stereocenters. The lowest BCUT2D eigenvalue weighted by Gasteiger charge is -2.14. The van der Waals surface area contributed by atoms with Gasteiger partial charge in [-0.05, 0) is 38.0 Å². The molecule has 2 aromatic heterocycles. The fourth-order valence-corrected chi connectivity index (χ4v) is 1.50. The predicted octanol–water partition coefficient (Wildman–Crippen LogP) is 2.29. The second-order valence-electron chi connectivity index (χ2n) is 4.48. The number of aryl methyl sites for hydroxylation is 1. The Balaban J connectivity index is 2.03. The highest BCUT2D eigenvalue weighted by molar-refractivity contribution is 5.71. The van der Waals surface area contributed by atoms with E-state index in [1.54, 1.807) is 24.4 Å². The number of hydrogen-bond donors (Lipinski definition) is 2. The van der Waals surface area contributed by atoms with Crippen LogP contribution >= 0.6 is 0 Å². The molecule has 0 aliphatic carbocycles. The van der Waals surface area contributed by atoms with Crippen LogP contribution in [0.2, 0.25) is 0 Å². The van der Waals surface area contributed by atoms with E-state index in [9.17, 15) is 10.0 Å². The van der Waals surface area contributed by atoms with Gasteiger partial charge >= 0.3 is 6.03 Å². The van der Waals surface area contributed by atoms with Gasteiger partial charge in [0.05, 0.1) is 6.20 Å². The van der Waals surface area contributed by atoms with Crippen LogP contribution in [0, 0.1) is 18.8 Å². The van der Waals surface area contributed by atoms with E-state index in [2.05, 4.69) is 16.8 Å². The maximum absolute atomic E-state index is 10.8. The van der Waals surface area contributed by atoms with Gasteiger partial charge in [0.2, 0.25) is 0 Å². The van der Waals surface area contributed by atoms with Gasteiger partial charge in [0, 0.05) is 11.8 Å². The molecule has 2 amide bonds. The fraction of sp³-hybridized carbons (Fsp3) is 0.200. The summed E-state index contributed by atoms with van der Waals surface area (Å²) in [6.07, 6.45) is 1.59. The number of pyridine rings is 1. The SMILES string of the molecule is Cc1ccc(Oc2ccc(C#CC(C)N(O)C(N)=O)o2)cn1. The summed E-state index contributed by atoms with van der Waals surface area (Å²) in [4.78, 5) is 14.9. The lowest BCUT2D eigenvalue weighted by Crippen LogP contribution is -2.38. The predicted molar refractivity (Wildman–Crippen MR) is 77.3 cm³/mol. The monoisotopic (exact) mass is 301 g/mol. The van der Waals surface area contributed by atoms with Gasteiger partial charge in [-0.25, -0.2) is 4.79 Å². The Bertz CT molecular complexity index is 712. The van der Waals surface area contributed by atoms with Crippen LogP contribution in [0.25, 0.3) is 0 Å². The summed E-state index contributed by atoms with van der Waals surface area (Å²) in [7, 11) is 0. The zero-order chi connectivity index (χ0) is 16.1. The molecule has 7 heteroatoms. The van der Waals surface area contributed by atoms with Crippen molar-refractivity contribution in [2.75, 3.05) is 0 Å². The first-order chi connectivity index (χ1) is 10.5. The van der Waals surface area contributed by atoms with Crippen LogP contribution in [0.5, 0.6) is 11.7 Å². The lowest BCUT2D eigenvalue weighted by atomic mass is 10.3. The van der Waals surface area contributed by atoms with Crippen molar-refractivity contribution in [3.05, 3.63) is 41.9 Å². The molecule has 22 heavy (non-hydrogen) atoms. The van der Waals surface area contributed by atoms with Crippen molar-refractivity contribution in [2.24, 2.45) is 5.73 Å². The minimum atomic E-state index is -0.975. The maximum Gasteiger partial charge on any atom is 0.339 e. The summed E-state index contributed by atoms with van der Waals surface area (Å²) in [5.74, 6) is 6.44. The summed E-state index contributed by atoms with van der Waals surface area (Å²) in [5.41, 5.74) is 5.81. The second-order valence-corrected chi connectivity index (χ2v) is 4.48. The number of urea groups is 1. The van der Waals surface area contributed by atoms with Crippen LogP contribution in [-0.4, -0.2) is 27.3 Å². The number of nitrogens with zero attached hydrogens (tertiary/aromatic N) is 2. The third kappa shape index (κ3) is 4.01. The third-order valence-corrected chi connectivity index (χ3v) is 2.68. The Labute approximate surface area is 127 Å². The van der Waals surface area contributed by atoms with E-state index in [0.717, 1.165) is 5.69 Å². The Hall–Kier alpha value is -2.98. The quantitative estimate of drug-likeness (QED) is 0.514. The van der Waals surface area contributed by atoms with E-state index in [0.29, 0.717) is 16.6 Å². The van der Waals surface area contributed by atoms with E-state index in [1.807, 2.05) is 13.0 Å². The third-order valence-electron chi connectivity index (χ3n) is 2.68. The number of nitrogens with two attached hydrogens (primary N) is 1. The summed E-state index contributed by atoms with van der Waals surface area (Å²) in [5, 5.41) is 9.63. The molecule has 2 heterocycles. The molecule has 114 valence electrons. The molecule has 3 N–H and O–H groups in total. The van der Waals surface area contributed by atoms with Crippen molar-refractivity contribution in [2.45, 2.75) is 19.9 Å². The Kier molecular flexibility index (Phi) is 4.66.